The highest BCUT2D eigenvalue weighted by Gasteiger charge is 2.31. The number of nitrogens with one attached hydrogen (secondary N) is 1. The Kier molecular flexibility index (Phi) is 4.47. The van der Waals surface area contributed by atoms with Crippen molar-refractivity contribution in [2.75, 3.05) is 7.05 Å². The van der Waals surface area contributed by atoms with E-state index in [1.54, 1.807) is 25.5 Å². The molecule has 0 spiro atoms. The van der Waals surface area contributed by atoms with Crippen molar-refractivity contribution in [3.8, 4) is 5.75 Å². The molecule has 1 N–H and O–H groups in total. The van der Waals surface area contributed by atoms with Gasteiger partial charge in [-0.3, -0.25) is 4.98 Å². The van der Waals surface area contributed by atoms with Crippen molar-refractivity contribution in [3.05, 3.63) is 59.4 Å². The van der Waals surface area contributed by atoms with Crippen LogP contribution in [0.1, 0.15) is 22.7 Å². The quantitative estimate of drug-likeness (QED) is 0.936. The first-order valence-electron chi connectivity index (χ1n) is 6.34. The minimum absolute atomic E-state index is 0.234. The molecular formula is C15H15F3N2O. The van der Waals surface area contributed by atoms with E-state index in [1.165, 1.54) is 18.2 Å². The number of benzene rings is 1. The Balaban J connectivity index is 2.35. The van der Waals surface area contributed by atoms with Crippen molar-refractivity contribution < 1.29 is 17.9 Å². The average molecular weight is 296 g/mol. The van der Waals surface area contributed by atoms with Gasteiger partial charge in [-0.2, -0.15) is 0 Å². The lowest BCUT2D eigenvalue weighted by atomic mass is 9.97. The van der Waals surface area contributed by atoms with Gasteiger partial charge in [-0.05, 0) is 48.9 Å². The van der Waals surface area contributed by atoms with Gasteiger partial charge in [-0.1, -0.05) is 12.1 Å². The van der Waals surface area contributed by atoms with Crippen LogP contribution in [0.5, 0.6) is 5.75 Å². The van der Waals surface area contributed by atoms with Gasteiger partial charge in [0.15, 0.2) is 0 Å². The summed E-state index contributed by atoms with van der Waals surface area (Å²) in [6.45, 7) is 1.93. The number of halogens is 3. The Morgan fingerprint density at radius 2 is 2.00 bits per heavy atom. The molecule has 6 heteroatoms. The first-order chi connectivity index (χ1) is 9.90. The zero-order valence-electron chi connectivity index (χ0n) is 11.6. The van der Waals surface area contributed by atoms with Crippen molar-refractivity contribution in [2.45, 2.75) is 19.3 Å². The van der Waals surface area contributed by atoms with Crippen LogP contribution in [0.4, 0.5) is 13.2 Å². The maximum atomic E-state index is 12.3. The number of aryl methyl sites for hydroxylation is 1. The van der Waals surface area contributed by atoms with Crippen molar-refractivity contribution in [2.24, 2.45) is 0 Å². The molecule has 0 saturated carbocycles. The molecule has 0 radical (unpaired) electrons. The molecule has 2 rings (SSSR count). The molecule has 1 aromatic heterocycles. The van der Waals surface area contributed by atoms with Gasteiger partial charge < -0.3 is 10.1 Å². The Labute approximate surface area is 120 Å². The Hall–Kier alpha value is -2.08. The van der Waals surface area contributed by atoms with Gasteiger partial charge >= 0.3 is 6.36 Å². The lowest BCUT2D eigenvalue weighted by Gasteiger charge is -2.20. The Morgan fingerprint density at radius 3 is 2.62 bits per heavy atom. The summed E-state index contributed by atoms with van der Waals surface area (Å²) in [5, 5.41) is 3.09. The normalized spacial score (nSPS) is 13.0. The summed E-state index contributed by atoms with van der Waals surface area (Å²) < 4.78 is 40.8. The fourth-order valence-electron chi connectivity index (χ4n) is 2.17. The molecule has 1 aromatic carbocycles. The second-order valence-electron chi connectivity index (χ2n) is 4.57. The summed E-state index contributed by atoms with van der Waals surface area (Å²) in [6.07, 6.45) is -1.32. The van der Waals surface area contributed by atoms with Gasteiger partial charge in [0.2, 0.25) is 0 Å². The maximum absolute atomic E-state index is 12.3. The molecule has 0 aliphatic carbocycles. The van der Waals surface area contributed by atoms with Crippen molar-refractivity contribution in [1.29, 1.82) is 0 Å². The first kappa shape index (κ1) is 15.3. The molecule has 0 fully saturated rings. The lowest BCUT2D eigenvalue weighted by Crippen LogP contribution is -2.20. The van der Waals surface area contributed by atoms with E-state index in [0.717, 1.165) is 11.1 Å². The molecule has 3 nitrogen and oxygen atoms in total. The van der Waals surface area contributed by atoms with Gasteiger partial charge in [-0.15, -0.1) is 13.2 Å². The second kappa shape index (κ2) is 6.13. The topological polar surface area (TPSA) is 34.1 Å². The van der Waals surface area contributed by atoms with E-state index in [-0.39, 0.29) is 11.8 Å². The standard InChI is InChI=1S/C15H15F3N2O/c1-10-6-7-20-9-13(10)14(19-2)11-4-3-5-12(8-11)21-15(16,17)18/h3-9,14,19H,1-2H3. The van der Waals surface area contributed by atoms with Crippen LogP contribution in [0, 0.1) is 6.92 Å². The zero-order valence-corrected chi connectivity index (χ0v) is 11.6. The van der Waals surface area contributed by atoms with Crippen LogP contribution in [-0.2, 0) is 0 Å². The highest BCUT2D eigenvalue weighted by molar-refractivity contribution is 5.38. The van der Waals surface area contributed by atoms with Crippen LogP contribution in [0.25, 0.3) is 0 Å². The summed E-state index contributed by atoms with van der Waals surface area (Å²) in [4.78, 5) is 4.07. The molecule has 0 saturated heterocycles. The van der Waals surface area contributed by atoms with Crippen LogP contribution < -0.4 is 10.1 Å². The number of aromatic nitrogens is 1. The van der Waals surface area contributed by atoms with Crippen LogP contribution in [0.2, 0.25) is 0 Å². The molecule has 0 aliphatic rings. The third-order valence-corrected chi connectivity index (χ3v) is 3.10. The SMILES string of the molecule is CNC(c1cccc(OC(F)(F)F)c1)c1cnccc1C. The van der Waals surface area contributed by atoms with Gasteiger partial charge in [0.25, 0.3) is 0 Å². The Morgan fingerprint density at radius 1 is 1.24 bits per heavy atom. The van der Waals surface area contributed by atoms with E-state index in [0.29, 0.717) is 5.56 Å². The van der Waals surface area contributed by atoms with E-state index in [2.05, 4.69) is 15.0 Å². The number of rotatable bonds is 4. The molecule has 1 unspecified atom stereocenters. The van der Waals surface area contributed by atoms with Gasteiger partial charge in [0, 0.05) is 12.4 Å². The zero-order chi connectivity index (χ0) is 15.5. The summed E-state index contributed by atoms with van der Waals surface area (Å²) in [5.74, 6) is -0.234. The highest BCUT2D eigenvalue weighted by atomic mass is 19.4. The molecule has 112 valence electrons. The summed E-state index contributed by atoms with van der Waals surface area (Å²) in [7, 11) is 1.74. The van der Waals surface area contributed by atoms with E-state index in [4.69, 9.17) is 0 Å². The van der Waals surface area contributed by atoms with E-state index in [9.17, 15) is 13.2 Å². The minimum Gasteiger partial charge on any atom is -0.406 e. The lowest BCUT2D eigenvalue weighted by molar-refractivity contribution is -0.274. The summed E-state index contributed by atoms with van der Waals surface area (Å²) >= 11 is 0. The predicted molar refractivity (Wildman–Crippen MR) is 73.0 cm³/mol. The van der Waals surface area contributed by atoms with Gasteiger partial charge in [-0.25, -0.2) is 0 Å². The van der Waals surface area contributed by atoms with Crippen molar-refractivity contribution >= 4 is 0 Å². The number of nitrogens with zero attached hydrogens (tertiary/aromatic N) is 1. The monoisotopic (exact) mass is 296 g/mol. The molecule has 0 bridgehead atoms. The second-order valence-corrected chi connectivity index (χ2v) is 4.57. The minimum atomic E-state index is -4.70. The molecule has 0 aliphatic heterocycles. The number of pyridine rings is 1. The van der Waals surface area contributed by atoms with Crippen molar-refractivity contribution in [3.63, 3.8) is 0 Å². The molecule has 2 aromatic rings. The first-order valence-corrected chi connectivity index (χ1v) is 6.34. The number of hydrogen-bond donors (Lipinski definition) is 1. The van der Waals surface area contributed by atoms with Crippen LogP contribution >= 0.6 is 0 Å². The maximum Gasteiger partial charge on any atom is 0.573 e. The van der Waals surface area contributed by atoms with Crippen LogP contribution in [0.15, 0.2) is 42.7 Å². The largest absolute Gasteiger partial charge is 0.573 e. The summed E-state index contributed by atoms with van der Waals surface area (Å²) in [6, 6.07) is 7.54. The number of alkyl halides is 3. The third-order valence-electron chi connectivity index (χ3n) is 3.10. The molecular weight excluding hydrogens is 281 g/mol. The fraction of sp³-hybridized carbons (Fsp3) is 0.267. The Bertz CT molecular complexity index is 614. The van der Waals surface area contributed by atoms with E-state index < -0.39 is 6.36 Å². The smallest absolute Gasteiger partial charge is 0.406 e. The van der Waals surface area contributed by atoms with Gasteiger partial charge in [0.05, 0.1) is 6.04 Å². The number of ether oxygens (including phenoxy) is 1. The number of hydrogen-bond acceptors (Lipinski definition) is 3. The predicted octanol–water partition coefficient (Wildman–Crippen LogP) is 3.60. The molecule has 21 heavy (non-hydrogen) atoms. The molecule has 0 amide bonds. The highest BCUT2D eigenvalue weighted by Crippen LogP contribution is 2.29. The van der Waals surface area contributed by atoms with Gasteiger partial charge in [0.1, 0.15) is 5.75 Å². The molecule has 1 heterocycles. The summed E-state index contributed by atoms with van der Waals surface area (Å²) in [5.41, 5.74) is 2.59. The molecule has 1 atom stereocenters. The fourth-order valence-corrected chi connectivity index (χ4v) is 2.17. The van der Waals surface area contributed by atoms with Crippen LogP contribution in [0.3, 0.4) is 0 Å². The van der Waals surface area contributed by atoms with Crippen molar-refractivity contribution in [1.82, 2.24) is 10.3 Å². The van der Waals surface area contributed by atoms with E-state index in [1.807, 2.05) is 13.0 Å². The average Bonchev–Trinajstić information content (AvgIpc) is 2.40. The van der Waals surface area contributed by atoms with E-state index >= 15 is 0 Å². The third kappa shape index (κ3) is 3.95. The van der Waals surface area contributed by atoms with Crippen LogP contribution in [-0.4, -0.2) is 18.4 Å².